The lowest BCUT2D eigenvalue weighted by Gasteiger charge is -2.21. The first kappa shape index (κ1) is 13.9. The van der Waals surface area contributed by atoms with Gasteiger partial charge in [0.05, 0.1) is 0 Å². The summed E-state index contributed by atoms with van der Waals surface area (Å²) in [5.74, 6) is 0. The largest absolute Gasteiger partial charge is 0.334 e. The van der Waals surface area contributed by atoms with Crippen LogP contribution in [0.5, 0.6) is 0 Å². The second kappa shape index (κ2) is 5.64. The average Bonchev–Trinajstić information content (AvgIpc) is 2.34. The molecule has 0 aromatic heterocycles. The second-order valence-corrected chi connectivity index (χ2v) is 6.37. The lowest BCUT2D eigenvalue weighted by atomic mass is 9.90. The van der Waals surface area contributed by atoms with Gasteiger partial charge >= 0.3 is 6.03 Å². The van der Waals surface area contributed by atoms with Crippen molar-refractivity contribution in [2.75, 3.05) is 0 Å². The minimum atomic E-state index is -0.195. The van der Waals surface area contributed by atoms with E-state index in [1.54, 1.807) is 0 Å². The molecular weight excluding hydrogens is 236 g/mol. The van der Waals surface area contributed by atoms with Crippen molar-refractivity contribution < 1.29 is 4.79 Å². The number of carbonyl (C=O) groups is 1. The Kier molecular flexibility index (Phi) is 4.13. The van der Waals surface area contributed by atoms with Gasteiger partial charge in [0.25, 0.3) is 0 Å². The molecule has 0 unspecified atom stereocenters. The Bertz CT molecular complexity index is 460. The van der Waals surface area contributed by atoms with Gasteiger partial charge in [0, 0.05) is 12.1 Å². The Labute approximate surface area is 115 Å². The molecule has 0 heterocycles. The Morgan fingerprint density at radius 1 is 1.16 bits per heavy atom. The van der Waals surface area contributed by atoms with E-state index < -0.39 is 0 Å². The van der Waals surface area contributed by atoms with Crippen molar-refractivity contribution in [2.24, 2.45) is 0 Å². The molecule has 0 saturated carbocycles. The van der Waals surface area contributed by atoms with Crippen LogP contribution < -0.4 is 10.6 Å². The highest BCUT2D eigenvalue weighted by molar-refractivity contribution is 5.74. The van der Waals surface area contributed by atoms with E-state index >= 15 is 0 Å². The topological polar surface area (TPSA) is 41.1 Å². The minimum Gasteiger partial charge on any atom is -0.334 e. The molecule has 1 aliphatic carbocycles. The fraction of sp³-hybridized carbons (Fsp3) is 0.562. The number of nitrogens with one attached hydrogen (secondary N) is 2. The first-order valence-electron chi connectivity index (χ1n) is 7.11. The van der Waals surface area contributed by atoms with Gasteiger partial charge in [-0.25, -0.2) is 4.79 Å². The zero-order valence-electron chi connectivity index (χ0n) is 12.2. The molecule has 2 rings (SSSR count). The number of benzene rings is 1. The molecule has 0 bridgehead atoms. The molecule has 1 aromatic rings. The maximum Gasteiger partial charge on any atom is 0.315 e. The zero-order valence-corrected chi connectivity index (χ0v) is 12.2. The molecule has 0 fully saturated rings. The molecule has 2 N–H and O–H groups in total. The summed E-state index contributed by atoms with van der Waals surface area (Å²) in [6.07, 6.45) is 4.97. The van der Waals surface area contributed by atoms with Crippen LogP contribution in [-0.2, 0) is 19.4 Å². The lowest BCUT2D eigenvalue weighted by molar-refractivity contribution is 0.231. The van der Waals surface area contributed by atoms with Gasteiger partial charge in [-0.2, -0.15) is 0 Å². The highest BCUT2D eigenvalue weighted by Crippen LogP contribution is 2.22. The molecular formula is C16H24N2O. The van der Waals surface area contributed by atoms with Gasteiger partial charge in [-0.05, 0) is 63.1 Å². The second-order valence-electron chi connectivity index (χ2n) is 6.37. The Morgan fingerprint density at radius 3 is 2.53 bits per heavy atom. The van der Waals surface area contributed by atoms with Gasteiger partial charge in [0.2, 0.25) is 0 Å². The normalized spacial score (nSPS) is 14.7. The minimum absolute atomic E-state index is 0.106. The molecule has 0 aliphatic heterocycles. The van der Waals surface area contributed by atoms with E-state index in [1.807, 2.05) is 20.8 Å². The smallest absolute Gasteiger partial charge is 0.315 e. The first-order chi connectivity index (χ1) is 8.94. The monoisotopic (exact) mass is 260 g/mol. The number of amides is 2. The Morgan fingerprint density at radius 2 is 1.84 bits per heavy atom. The maximum absolute atomic E-state index is 11.7. The quantitative estimate of drug-likeness (QED) is 0.842. The van der Waals surface area contributed by atoms with E-state index in [1.165, 1.54) is 42.4 Å². The van der Waals surface area contributed by atoms with Crippen molar-refractivity contribution in [1.82, 2.24) is 10.6 Å². The predicted molar refractivity (Wildman–Crippen MR) is 78.2 cm³/mol. The van der Waals surface area contributed by atoms with Gasteiger partial charge in [-0.3, -0.25) is 0 Å². The Balaban J connectivity index is 1.91. The number of hydrogen-bond donors (Lipinski definition) is 2. The fourth-order valence-electron chi connectivity index (χ4n) is 2.46. The Hall–Kier alpha value is -1.51. The van der Waals surface area contributed by atoms with Crippen LogP contribution >= 0.6 is 0 Å². The van der Waals surface area contributed by atoms with Gasteiger partial charge in [-0.15, -0.1) is 0 Å². The van der Waals surface area contributed by atoms with E-state index in [4.69, 9.17) is 0 Å². The van der Waals surface area contributed by atoms with Crippen molar-refractivity contribution in [1.29, 1.82) is 0 Å². The van der Waals surface area contributed by atoms with E-state index in [2.05, 4.69) is 28.8 Å². The summed E-state index contributed by atoms with van der Waals surface area (Å²) in [4.78, 5) is 11.7. The summed E-state index contributed by atoms with van der Waals surface area (Å²) in [5.41, 5.74) is 3.93. The third-order valence-electron chi connectivity index (χ3n) is 3.35. The van der Waals surface area contributed by atoms with Crippen molar-refractivity contribution in [3.05, 3.63) is 34.9 Å². The number of aryl methyl sites for hydroxylation is 2. The van der Waals surface area contributed by atoms with Crippen LogP contribution in [0.15, 0.2) is 18.2 Å². The first-order valence-corrected chi connectivity index (χ1v) is 7.11. The SMILES string of the molecule is CC(C)(C)NC(=O)NCc1ccc2c(c1)CCCC2. The van der Waals surface area contributed by atoms with E-state index in [9.17, 15) is 4.79 Å². The van der Waals surface area contributed by atoms with Crippen molar-refractivity contribution in [2.45, 2.75) is 58.5 Å². The van der Waals surface area contributed by atoms with E-state index in [0.29, 0.717) is 6.54 Å². The standard InChI is InChI=1S/C16H24N2O/c1-16(2,3)18-15(19)17-11-12-8-9-13-6-4-5-7-14(13)10-12/h8-10H,4-7,11H2,1-3H3,(H2,17,18,19). The van der Waals surface area contributed by atoms with Crippen LogP contribution in [-0.4, -0.2) is 11.6 Å². The van der Waals surface area contributed by atoms with Crippen molar-refractivity contribution in [3.63, 3.8) is 0 Å². The van der Waals surface area contributed by atoms with Crippen LogP contribution in [0.4, 0.5) is 4.79 Å². The molecule has 0 saturated heterocycles. The maximum atomic E-state index is 11.7. The van der Waals surface area contributed by atoms with Gasteiger partial charge in [-0.1, -0.05) is 18.2 Å². The van der Waals surface area contributed by atoms with Crippen LogP contribution in [0.1, 0.15) is 50.3 Å². The molecule has 104 valence electrons. The average molecular weight is 260 g/mol. The summed E-state index contributed by atoms with van der Waals surface area (Å²) < 4.78 is 0. The van der Waals surface area contributed by atoms with Crippen molar-refractivity contribution >= 4 is 6.03 Å². The molecule has 19 heavy (non-hydrogen) atoms. The number of urea groups is 1. The highest BCUT2D eigenvalue weighted by Gasteiger charge is 2.13. The van der Waals surface area contributed by atoms with Gasteiger partial charge in [0.1, 0.15) is 0 Å². The van der Waals surface area contributed by atoms with Crippen LogP contribution in [0.2, 0.25) is 0 Å². The number of rotatable bonds is 2. The van der Waals surface area contributed by atoms with Gasteiger partial charge in [0.15, 0.2) is 0 Å². The number of fused-ring (bicyclic) bond motifs is 1. The van der Waals surface area contributed by atoms with Crippen LogP contribution in [0.3, 0.4) is 0 Å². The highest BCUT2D eigenvalue weighted by atomic mass is 16.2. The summed E-state index contributed by atoms with van der Waals surface area (Å²) in [7, 11) is 0. The molecule has 0 atom stereocenters. The number of carbonyl (C=O) groups excluding carboxylic acids is 1. The van der Waals surface area contributed by atoms with E-state index in [0.717, 1.165) is 0 Å². The molecule has 3 nitrogen and oxygen atoms in total. The molecule has 1 aromatic carbocycles. The molecule has 2 amide bonds. The predicted octanol–water partition coefficient (Wildman–Crippen LogP) is 3.16. The van der Waals surface area contributed by atoms with E-state index in [-0.39, 0.29) is 11.6 Å². The summed E-state index contributed by atoms with van der Waals surface area (Å²) in [6, 6.07) is 6.48. The fourth-order valence-corrected chi connectivity index (χ4v) is 2.46. The van der Waals surface area contributed by atoms with Crippen LogP contribution in [0, 0.1) is 0 Å². The zero-order chi connectivity index (χ0) is 13.9. The van der Waals surface area contributed by atoms with Crippen molar-refractivity contribution in [3.8, 4) is 0 Å². The molecule has 0 radical (unpaired) electrons. The third kappa shape index (κ3) is 4.27. The third-order valence-corrected chi connectivity index (χ3v) is 3.35. The summed E-state index contributed by atoms with van der Waals surface area (Å²) >= 11 is 0. The molecule has 3 heteroatoms. The molecule has 0 spiro atoms. The summed E-state index contributed by atoms with van der Waals surface area (Å²) in [6.45, 7) is 6.53. The number of hydrogen-bond acceptors (Lipinski definition) is 1. The summed E-state index contributed by atoms with van der Waals surface area (Å²) in [5, 5.41) is 5.81. The molecule has 1 aliphatic rings. The van der Waals surface area contributed by atoms with Crippen LogP contribution in [0.25, 0.3) is 0 Å². The lowest BCUT2D eigenvalue weighted by Crippen LogP contribution is -2.46. The van der Waals surface area contributed by atoms with Gasteiger partial charge < -0.3 is 10.6 Å².